The van der Waals surface area contributed by atoms with Gasteiger partial charge in [-0.15, -0.1) is 0 Å². The van der Waals surface area contributed by atoms with Crippen LogP contribution < -0.4 is 15.4 Å². The first-order chi connectivity index (χ1) is 8.29. The van der Waals surface area contributed by atoms with Crippen LogP contribution in [0.25, 0.3) is 0 Å². The number of ether oxygens (including phenoxy) is 1. The van der Waals surface area contributed by atoms with Crippen LogP contribution in [0, 0.1) is 0 Å². The smallest absolute Gasteiger partial charge is 0.211 e. The molecule has 0 spiro atoms. The Morgan fingerprint density at radius 1 is 1.47 bits per heavy atom. The molecule has 1 aromatic heterocycles. The molecule has 1 saturated carbocycles. The van der Waals surface area contributed by atoms with E-state index in [1.807, 2.05) is 13.1 Å². The minimum absolute atomic E-state index is 0.803. The van der Waals surface area contributed by atoms with Gasteiger partial charge < -0.3 is 15.4 Å². The Morgan fingerprint density at radius 2 is 2.29 bits per heavy atom. The fourth-order valence-corrected chi connectivity index (χ4v) is 1.81. The second kappa shape index (κ2) is 6.02. The van der Waals surface area contributed by atoms with Crippen molar-refractivity contribution in [3.05, 3.63) is 11.8 Å². The van der Waals surface area contributed by atoms with Crippen molar-refractivity contribution < 1.29 is 4.74 Å². The molecular formula is C12H22N4O. The Bertz CT molecular complexity index is 346. The highest BCUT2D eigenvalue weighted by Gasteiger charge is 2.19. The standard InChI is InChI=1S/C12H22N4O/c1-16-12(17-2)8-11(15-16)9-13-6-3-7-14-10-4-5-10/h8,10,13-14H,3-7,9H2,1-2H3. The van der Waals surface area contributed by atoms with Crippen molar-refractivity contribution in [1.82, 2.24) is 20.4 Å². The zero-order valence-corrected chi connectivity index (χ0v) is 10.7. The van der Waals surface area contributed by atoms with Crippen molar-refractivity contribution in [2.24, 2.45) is 7.05 Å². The number of aromatic nitrogens is 2. The van der Waals surface area contributed by atoms with E-state index in [0.29, 0.717) is 0 Å². The quantitative estimate of drug-likeness (QED) is 0.653. The van der Waals surface area contributed by atoms with E-state index >= 15 is 0 Å². The van der Waals surface area contributed by atoms with Crippen molar-refractivity contribution >= 4 is 0 Å². The lowest BCUT2D eigenvalue weighted by molar-refractivity contribution is 0.373. The number of hydrogen-bond donors (Lipinski definition) is 2. The van der Waals surface area contributed by atoms with Gasteiger partial charge in [0, 0.05) is 25.7 Å². The number of aryl methyl sites for hydroxylation is 1. The molecule has 1 heterocycles. The van der Waals surface area contributed by atoms with Crippen molar-refractivity contribution in [1.29, 1.82) is 0 Å². The Kier molecular flexibility index (Phi) is 4.39. The molecule has 0 radical (unpaired) electrons. The second-order valence-corrected chi connectivity index (χ2v) is 4.56. The molecule has 0 atom stereocenters. The van der Waals surface area contributed by atoms with E-state index in [4.69, 9.17) is 4.74 Å². The first kappa shape index (κ1) is 12.4. The summed E-state index contributed by atoms with van der Waals surface area (Å²) in [6.07, 6.45) is 3.89. The summed E-state index contributed by atoms with van der Waals surface area (Å²) in [6.45, 7) is 2.95. The summed E-state index contributed by atoms with van der Waals surface area (Å²) in [7, 11) is 3.56. The van der Waals surface area contributed by atoms with Crippen molar-refractivity contribution in [3.8, 4) is 5.88 Å². The molecule has 5 nitrogen and oxygen atoms in total. The average molecular weight is 238 g/mol. The van der Waals surface area contributed by atoms with Gasteiger partial charge >= 0.3 is 0 Å². The van der Waals surface area contributed by atoms with Gasteiger partial charge in [-0.1, -0.05) is 0 Å². The van der Waals surface area contributed by atoms with Gasteiger partial charge in [-0.2, -0.15) is 5.10 Å². The van der Waals surface area contributed by atoms with Gasteiger partial charge in [-0.05, 0) is 32.4 Å². The first-order valence-corrected chi connectivity index (χ1v) is 6.30. The molecule has 0 unspecified atom stereocenters. The zero-order chi connectivity index (χ0) is 12.1. The van der Waals surface area contributed by atoms with Gasteiger partial charge in [0.25, 0.3) is 0 Å². The molecule has 5 heteroatoms. The molecule has 1 aliphatic carbocycles. The van der Waals surface area contributed by atoms with Gasteiger partial charge in [0.1, 0.15) is 0 Å². The van der Waals surface area contributed by atoms with E-state index in [2.05, 4.69) is 15.7 Å². The van der Waals surface area contributed by atoms with Gasteiger partial charge in [-0.25, -0.2) is 4.68 Å². The monoisotopic (exact) mass is 238 g/mol. The van der Waals surface area contributed by atoms with Crippen LogP contribution in [0.15, 0.2) is 6.07 Å². The second-order valence-electron chi connectivity index (χ2n) is 4.56. The zero-order valence-electron chi connectivity index (χ0n) is 10.7. The SMILES string of the molecule is COc1cc(CNCCCNC2CC2)nn1C. The molecule has 17 heavy (non-hydrogen) atoms. The predicted molar refractivity (Wildman–Crippen MR) is 67.1 cm³/mol. The molecule has 1 aliphatic rings. The maximum Gasteiger partial charge on any atom is 0.211 e. The van der Waals surface area contributed by atoms with Crippen LogP contribution in [0.4, 0.5) is 0 Å². The molecule has 0 bridgehead atoms. The highest BCUT2D eigenvalue weighted by molar-refractivity contribution is 5.15. The van der Waals surface area contributed by atoms with Crippen LogP contribution in [0.5, 0.6) is 5.88 Å². The van der Waals surface area contributed by atoms with E-state index in [9.17, 15) is 0 Å². The van der Waals surface area contributed by atoms with Gasteiger partial charge in [0.05, 0.1) is 12.8 Å². The van der Waals surface area contributed by atoms with Crippen LogP contribution in [0.3, 0.4) is 0 Å². The third-order valence-corrected chi connectivity index (χ3v) is 2.94. The van der Waals surface area contributed by atoms with E-state index in [-0.39, 0.29) is 0 Å². The summed E-state index contributed by atoms with van der Waals surface area (Å²) in [5.41, 5.74) is 1.03. The summed E-state index contributed by atoms with van der Waals surface area (Å²) >= 11 is 0. The Balaban J connectivity index is 1.56. The third-order valence-electron chi connectivity index (χ3n) is 2.94. The Hall–Kier alpha value is -1.07. The topological polar surface area (TPSA) is 51.1 Å². The molecular weight excluding hydrogens is 216 g/mol. The highest BCUT2D eigenvalue weighted by atomic mass is 16.5. The lowest BCUT2D eigenvalue weighted by Gasteiger charge is -2.03. The normalized spacial score (nSPS) is 15.2. The lowest BCUT2D eigenvalue weighted by atomic mass is 10.3. The molecule has 1 aromatic rings. The largest absolute Gasteiger partial charge is 0.481 e. The Morgan fingerprint density at radius 3 is 2.94 bits per heavy atom. The highest BCUT2D eigenvalue weighted by Crippen LogP contribution is 2.18. The van der Waals surface area contributed by atoms with Crippen LogP contribution in [-0.2, 0) is 13.6 Å². The van der Waals surface area contributed by atoms with Crippen LogP contribution in [0.2, 0.25) is 0 Å². The number of nitrogens with zero attached hydrogens (tertiary/aromatic N) is 2. The molecule has 1 fully saturated rings. The summed E-state index contributed by atoms with van der Waals surface area (Å²) in [6, 6.07) is 2.78. The van der Waals surface area contributed by atoms with Crippen LogP contribution in [0.1, 0.15) is 25.0 Å². The van der Waals surface area contributed by atoms with Gasteiger partial charge in [-0.3, -0.25) is 0 Å². The number of methoxy groups -OCH3 is 1. The molecule has 96 valence electrons. The van der Waals surface area contributed by atoms with E-state index < -0.39 is 0 Å². The molecule has 2 N–H and O–H groups in total. The van der Waals surface area contributed by atoms with E-state index in [1.54, 1.807) is 11.8 Å². The minimum Gasteiger partial charge on any atom is -0.481 e. The van der Waals surface area contributed by atoms with Crippen LogP contribution >= 0.6 is 0 Å². The van der Waals surface area contributed by atoms with E-state index in [1.165, 1.54) is 19.3 Å². The summed E-state index contributed by atoms with van der Waals surface area (Å²) in [4.78, 5) is 0. The number of rotatable bonds is 8. The maximum atomic E-state index is 5.17. The van der Waals surface area contributed by atoms with Crippen molar-refractivity contribution in [2.75, 3.05) is 20.2 Å². The van der Waals surface area contributed by atoms with Crippen molar-refractivity contribution in [2.45, 2.75) is 31.8 Å². The fourth-order valence-electron chi connectivity index (χ4n) is 1.81. The van der Waals surface area contributed by atoms with Gasteiger partial charge in [0.2, 0.25) is 5.88 Å². The van der Waals surface area contributed by atoms with Gasteiger partial charge in [0.15, 0.2) is 0 Å². The molecule has 2 rings (SSSR count). The molecule has 0 aromatic carbocycles. The number of nitrogens with one attached hydrogen (secondary N) is 2. The summed E-state index contributed by atoms with van der Waals surface area (Å²) in [5, 5.41) is 11.2. The lowest BCUT2D eigenvalue weighted by Crippen LogP contribution is -2.23. The number of hydrogen-bond acceptors (Lipinski definition) is 4. The summed E-state index contributed by atoms with van der Waals surface area (Å²) in [5.74, 6) is 0.803. The fraction of sp³-hybridized carbons (Fsp3) is 0.750. The Labute approximate surface area is 103 Å². The third kappa shape index (κ3) is 4.02. The predicted octanol–water partition coefficient (Wildman–Crippen LogP) is 0.660. The molecule has 0 aliphatic heterocycles. The van der Waals surface area contributed by atoms with E-state index in [0.717, 1.165) is 37.3 Å². The molecule has 0 saturated heterocycles. The first-order valence-electron chi connectivity index (χ1n) is 6.30. The van der Waals surface area contributed by atoms with Crippen LogP contribution in [-0.4, -0.2) is 36.0 Å². The molecule has 0 amide bonds. The minimum atomic E-state index is 0.803. The summed E-state index contributed by atoms with van der Waals surface area (Å²) < 4.78 is 6.92. The van der Waals surface area contributed by atoms with Crippen molar-refractivity contribution in [3.63, 3.8) is 0 Å². The maximum absolute atomic E-state index is 5.17. The average Bonchev–Trinajstić information content (AvgIpc) is 3.07.